The summed E-state index contributed by atoms with van der Waals surface area (Å²) < 4.78 is 5.25. The Hall–Kier alpha value is -4.44. The molecule has 0 N–H and O–H groups in total. The highest BCUT2D eigenvalue weighted by atomic mass is 32.1. The van der Waals surface area contributed by atoms with Gasteiger partial charge in [0.05, 0.1) is 10.4 Å². The molecule has 6 aromatic carbocycles. The average Bonchev–Trinajstić information content (AvgIpc) is 3.57. The van der Waals surface area contributed by atoms with Gasteiger partial charge in [-0.1, -0.05) is 97.1 Å². The number of benzene rings is 6. The Bertz CT molecular complexity index is 2120. The molecular weight excluding hydrogens is 511 g/mol. The lowest BCUT2D eigenvalue weighted by Crippen LogP contribution is -2.10. The van der Waals surface area contributed by atoms with E-state index in [4.69, 9.17) is 0 Å². The Morgan fingerprint density at radius 1 is 0.436 bits per heavy atom. The van der Waals surface area contributed by atoms with Crippen LogP contribution in [0.25, 0.3) is 51.5 Å². The van der Waals surface area contributed by atoms with Crippen molar-refractivity contribution in [2.75, 3.05) is 4.90 Å². The van der Waals surface area contributed by atoms with Crippen LogP contribution in [0.1, 0.15) is 0 Å². The van der Waals surface area contributed by atoms with Crippen molar-refractivity contribution in [1.82, 2.24) is 0 Å². The van der Waals surface area contributed by atoms with Crippen LogP contribution in [0.5, 0.6) is 0 Å². The summed E-state index contributed by atoms with van der Waals surface area (Å²) in [6, 6.07) is 50.6. The van der Waals surface area contributed by atoms with Crippen molar-refractivity contribution in [1.29, 1.82) is 0 Å². The molecule has 0 fully saturated rings. The van der Waals surface area contributed by atoms with E-state index in [-0.39, 0.29) is 0 Å². The van der Waals surface area contributed by atoms with Gasteiger partial charge in [-0.05, 0) is 53.6 Å². The van der Waals surface area contributed by atoms with E-state index in [1.54, 1.807) is 0 Å². The van der Waals surface area contributed by atoms with Crippen LogP contribution >= 0.6 is 22.7 Å². The molecule has 0 radical (unpaired) electrons. The quantitative estimate of drug-likeness (QED) is 0.217. The Balaban J connectivity index is 1.42. The molecule has 0 spiro atoms. The molecule has 0 aliphatic rings. The summed E-state index contributed by atoms with van der Waals surface area (Å²) in [7, 11) is 0. The Kier molecular flexibility index (Phi) is 5.25. The van der Waals surface area contributed by atoms with E-state index in [9.17, 15) is 0 Å². The van der Waals surface area contributed by atoms with E-state index in [0.29, 0.717) is 0 Å². The Morgan fingerprint density at radius 2 is 1.08 bits per heavy atom. The first-order valence-corrected chi connectivity index (χ1v) is 14.7. The Morgan fingerprint density at radius 3 is 1.87 bits per heavy atom. The molecule has 1 nitrogen and oxygen atoms in total. The summed E-state index contributed by atoms with van der Waals surface area (Å²) in [4.78, 5) is 2.43. The first-order chi connectivity index (χ1) is 19.3. The van der Waals surface area contributed by atoms with Gasteiger partial charge in [0.25, 0.3) is 0 Å². The SMILES string of the molecule is c1ccc(-c2ccc(N(c3ccccc3)c3ccc4c(c3)sc3ccccc34)c3sc4ccccc4c23)cc1. The number of anilines is 3. The highest BCUT2D eigenvalue weighted by Crippen LogP contribution is 2.48. The van der Waals surface area contributed by atoms with E-state index in [1.807, 2.05) is 22.7 Å². The maximum Gasteiger partial charge on any atom is 0.0640 e. The lowest BCUT2D eigenvalue weighted by molar-refractivity contribution is 1.31. The third-order valence-electron chi connectivity index (χ3n) is 7.47. The molecule has 2 aromatic heterocycles. The summed E-state index contributed by atoms with van der Waals surface area (Å²) in [5.41, 5.74) is 6.06. The maximum absolute atomic E-state index is 2.43. The zero-order valence-corrected chi connectivity index (χ0v) is 22.7. The highest BCUT2D eigenvalue weighted by molar-refractivity contribution is 7.26. The Labute approximate surface area is 234 Å². The van der Waals surface area contributed by atoms with Crippen molar-refractivity contribution in [2.24, 2.45) is 0 Å². The molecule has 0 unspecified atom stereocenters. The van der Waals surface area contributed by atoms with E-state index >= 15 is 0 Å². The van der Waals surface area contributed by atoms with Crippen LogP contribution in [0.2, 0.25) is 0 Å². The van der Waals surface area contributed by atoms with Crippen LogP contribution in [0.4, 0.5) is 17.1 Å². The van der Waals surface area contributed by atoms with E-state index < -0.39 is 0 Å². The van der Waals surface area contributed by atoms with Crippen molar-refractivity contribution < 1.29 is 0 Å². The molecule has 8 aromatic rings. The first-order valence-electron chi connectivity index (χ1n) is 13.1. The second-order valence-corrected chi connectivity index (χ2v) is 11.9. The fraction of sp³-hybridized carbons (Fsp3) is 0. The molecule has 0 atom stereocenters. The van der Waals surface area contributed by atoms with Crippen molar-refractivity contribution >= 4 is 80.1 Å². The maximum atomic E-state index is 2.43. The molecule has 39 heavy (non-hydrogen) atoms. The number of nitrogens with zero attached hydrogens (tertiary/aromatic N) is 1. The van der Waals surface area contributed by atoms with Gasteiger partial charge in [0.2, 0.25) is 0 Å². The van der Waals surface area contributed by atoms with Crippen LogP contribution < -0.4 is 4.90 Å². The number of thiophene rings is 2. The fourth-order valence-corrected chi connectivity index (χ4v) is 8.08. The molecule has 0 bridgehead atoms. The van der Waals surface area contributed by atoms with Crippen molar-refractivity contribution in [3.8, 4) is 11.1 Å². The third kappa shape index (κ3) is 3.66. The molecule has 0 amide bonds. The van der Waals surface area contributed by atoms with Gasteiger partial charge in [-0.15, -0.1) is 22.7 Å². The number of rotatable bonds is 4. The van der Waals surface area contributed by atoms with Crippen molar-refractivity contribution in [3.05, 3.63) is 140 Å². The molecule has 184 valence electrons. The molecule has 3 heteroatoms. The van der Waals surface area contributed by atoms with Crippen molar-refractivity contribution in [2.45, 2.75) is 0 Å². The minimum absolute atomic E-state index is 1.16. The van der Waals surface area contributed by atoms with Gasteiger partial charge in [-0.2, -0.15) is 0 Å². The summed E-state index contributed by atoms with van der Waals surface area (Å²) >= 11 is 3.75. The minimum atomic E-state index is 1.16. The molecular formula is C36H23NS2. The number of hydrogen-bond donors (Lipinski definition) is 0. The van der Waals surface area contributed by atoms with Crippen LogP contribution in [-0.2, 0) is 0 Å². The number of para-hydroxylation sites is 1. The van der Waals surface area contributed by atoms with Crippen LogP contribution in [-0.4, -0.2) is 0 Å². The molecule has 0 aliphatic heterocycles. The van der Waals surface area contributed by atoms with Crippen LogP contribution in [0.15, 0.2) is 140 Å². The van der Waals surface area contributed by atoms with Gasteiger partial charge in [0.1, 0.15) is 0 Å². The first kappa shape index (κ1) is 22.5. The predicted molar refractivity (Wildman–Crippen MR) is 172 cm³/mol. The van der Waals surface area contributed by atoms with Gasteiger partial charge in [-0.3, -0.25) is 0 Å². The zero-order chi connectivity index (χ0) is 25.8. The third-order valence-corrected chi connectivity index (χ3v) is 9.79. The van der Waals surface area contributed by atoms with Crippen molar-refractivity contribution in [3.63, 3.8) is 0 Å². The van der Waals surface area contributed by atoms with Gasteiger partial charge in [-0.25, -0.2) is 0 Å². The monoisotopic (exact) mass is 533 g/mol. The second-order valence-electron chi connectivity index (χ2n) is 9.75. The fourth-order valence-electron chi connectivity index (χ4n) is 5.71. The smallest absolute Gasteiger partial charge is 0.0640 e. The highest BCUT2D eigenvalue weighted by Gasteiger charge is 2.21. The lowest BCUT2D eigenvalue weighted by Gasteiger charge is -2.26. The summed E-state index contributed by atoms with van der Waals surface area (Å²) in [6.07, 6.45) is 0. The molecule has 8 rings (SSSR count). The summed E-state index contributed by atoms with van der Waals surface area (Å²) in [5, 5.41) is 5.28. The van der Waals surface area contributed by atoms with Gasteiger partial charge >= 0.3 is 0 Å². The average molecular weight is 534 g/mol. The largest absolute Gasteiger partial charge is 0.309 e. The number of hydrogen-bond acceptors (Lipinski definition) is 3. The number of fused-ring (bicyclic) bond motifs is 6. The van der Waals surface area contributed by atoms with E-state index in [2.05, 4.69) is 144 Å². The van der Waals surface area contributed by atoms with Crippen LogP contribution in [0, 0.1) is 0 Å². The molecule has 0 aliphatic carbocycles. The van der Waals surface area contributed by atoms with Gasteiger partial charge in [0, 0.05) is 47.0 Å². The van der Waals surface area contributed by atoms with Gasteiger partial charge < -0.3 is 4.90 Å². The predicted octanol–water partition coefficient (Wildman–Crippen LogP) is 11.6. The topological polar surface area (TPSA) is 3.24 Å². The molecule has 0 saturated carbocycles. The standard InChI is InChI=1S/C36H23NS2/c1-3-11-24(12-4-1)27-21-22-31(36-35(27)30-16-8-10-18-33(30)39-36)37(25-13-5-2-6-14-25)26-19-20-29-28-15-7-9-17-32(28)38-34(29)23-26/h1-23H. The van der Waals surface area contributed by atoms with E-state index in [1.165, 1.54) is 62.8 Å². The van der Waals surface area contributed by atoms with E-state index in [0.717, 1.165) is 5.69 Å². The van der Waals surface area contributed by atoms with Crippen LogP contribution in [0.3, 0.4) is 0 Å². The minimum Gasteiger partial charge on any atom is -0.309 e. The van der Waals surface area contributed by atoms with Gasteiger partial charge in [0.15, 0.2) is 0 Å². The normalized spacial score (nSPS) is 11.6. The second kappa shape index (κ2) is 9.09. The lowest BCUT2D eigenvalue weighted by atomic mass is 9.98. The summed E-state index contributed by atoms with van der Waals surface area (Å²) in [6.45, 7) is 0. The summed E-state index contributed by atoms with van der Waals surface area (Å²) in [5.74, 6) is 0. The molecule has 0 saturated heterocycles. The zero-order valence-electron chi connectivity index (χ0n) is 21.0. The molecule has 2 heterocycles.